The molecule has 2 aromatic carbocycles. The highest BCUT2D eigenvalue weighted by Crippen LogP contribution is 2.45. The number of phenols is 1. The van der Waals surface area contributed by atoms with Crippen LogP contribution in [0.4, 0.5) is 10.1 Å². The number of hydrogen-bond donors (Lipinski definition) is 1. The number of anilines is 1. The van der Waals surface area contributed by atoms with Crippen LogP contribution >= 0.6 is 0 Å². The molecular formula is C31H38FN5O4. The second-order valence-electron chi connectivity index (χ2n) is 9.99. The number of benzene rings is 2. The topological polar surface area (TPSA) is 102 Å². The van der Waals surface area contributed by atoms with Crippen molar-refractivity contribution < 1.29 is 19.0 Å². The van der Waals surface area contributed by atoms with Gasteiger partial charge in [-0.2, -0.15) is 5.26 Å². The molecule has 2 aliphatic heterocycles. The molecule has 1 amide bonds. The third-order valence-corrected chi connectivity index (χ3v) is 6.69. The Morgan fingerprint density at radius 3 is 2.46 bits per heavy atom. The zero-order chi connectivity index (χ0) is 30.4. The van der Waals surface area contributed by atoms with Crippen LogP contribution in [-0.4, -0.2) is 78.8 Å². The van der Waals surface area contributed by atoms with Crippen LogP contribution in [0.3, 0.4) is 0 Å². The number of amides is 1. The molecule has 0 spiro atoms. The molecule has 10 heteroatoms. The molecule has 1 unspecified atom stereocenters. The maximum absolute atomic E-state index is 14.7. The third-order valence-electron chi connectivity index (χ3n) is 6.69. The summed E-state index contributed by atoms with van der Waals surface area (Å²) < 4.78 is 22.2. The number of piperazine rings is 1. The Morgan fingerprint density at radius 2 is 1.88 bits per heavy atom. The number of rotatable bonds is 3. The van der Waals surface area contributed by atoms with Gasteiger partial charge >= 0.3 is 0 Å². The van der Waals surface area contributed by atoms with E-state index in [4.69, 9.17) is 4.74 Å². The summed E-state index contributed by atoms with van der Waals surface area (Å²) in [5.74, 6) is -0.745. The van der Waals surface area contributed by atoms with Crippen LogP contribution in [0.5, 0.6) is 11.5 Å². The first kappa shape index (κ1) is 31.2. The number of phenolic OH excluding ortho intramolecular Hbond substituents is 1. The minimum absolute atomic E-state index is 0.0128. The van der Waals surface area contributed by atoms with Gasteiger partial charge in [0.05, 0.1) is 23.3 Å². The van der Waals surface area contributed by atoms with Crippen LogP contribution in [0.2, 0.25) is 0 Å². The minimum Gasteiger partial charge on any atom is -0.507 e. The summed E-state index contributed by atoms with van der Waals surface area (Å²) in [5.41, 5.74) is 0.797. The van der Waals surface area contributed by atoms with E-state index in [1.54, 1.807) is 17.0 Å². The van der Waals surface area contributed by atoms with E-state index in [1.165, 1.54) is 28.8 Å². The van der Waals surface area contributed by atoms with E-state index < -0.39 is 11.4 Å². The van der Waals surface area contributed by atoms with E-state index in [1.807, 2.05) is 51.7 Å². The Hall–Kier alpha value is -4.36. The van der Waals surface area contributed by atoms with Gasteiger partial charge in [-0.25, -0.2) is 4.39 Å². The summed E-state index contributed by atoms with van der Waals surface area (Å²) in [6, 6.07) is 9.33. The summed E-state index contributed by atoms with van der Waals surface area (Å²) in [7, 11) is 6.00. The summed E-state index contributed by atoms with van der Waals surface area (Å²) in [5, 5.41) is 21.0. The highest BCUT2D eigenvalue weighted by molar-refractivity contribution is 6.02. The number of aromatic nitrogens is 1. The molecule has 0 aliphatic carbocycles. The number of aromatic hydroxyl groups is 1. The van der Waals surface area contributed by atoms with Gasteiger partial charge in [0.25, 0.3) is 5.56 Å². The van der Waals surface area contributed by atoms with Gasteiger partial charge in [0, 0.05) is 36.6 Å². The number of carbonyl (C=O) groups excluding carboxylic acids is 1. The van der Waals surface area contributed by atoms with Crippen molar-refractivity contribution in [2.45, 2.75) is 33.4 Å². The molecule has 2 aliphatic rings. The molecule has 1 fully saturated rings. The van der Waals surface area contributed by atoms with Gasteiger partial charge in [0.2, 0.25) is 5.91 Å². The lowest BCUT2D eigenvalue weighted by molar-refractivity contribution is -0.126. The van der Waals surface area contributed by atoms with Gasteiger partial charge < -0.3 is 29.1 Å². The quantitative estimate of drug-likeness (QED) is 0.477. The van der Waals surface area contributed by atoms with Crippen LogP contribution in [-0.2, 0) is 11.3 Å². The number of nitrogens with zero attached hydrogens (tertiary/aromatic N) is 5. The molecule has 218 valence electrons. The number of ether oxygens (including phenoxy) is 1. The number of pyridine rings is 1. The van der Waals surface area contributed by atoms with Crippen molar-refractivity contribution in [3.8, 4) is 28.7 Å². The SMILES string of the molecule is C=CC(=O)N1CCN(c2c(C#N)c(=O)n3c4c(c(-c5c(O)cccc5F)ccc24)OCC3)C(C)C1.CC.CN(C)C. The maximum atomic E-state index is 14.7. The van der Waals surface area contributed by atoms with Crippen molar-refractivity contribution in [3.05, 3.63) is 64.7 Å². The van der Waals surface area contributed by atoms with E-state index in [-0.39, 0.29) is 47.7 Å². The zero-order valence-electron chi connectivity index (χ0n) is 24.6. The van der Waals surface area contributed by atoms with Gasteiger partial charge in [0.15, 0.2) is 5.75 Å². The fourth-order valence-corrected chi connectivity index (χ4v) is 5.10. The Balaban J connectivity index is 0.000000710. The Bertz CT molecular complexity index is 1520. The molecule has 9 nitrogen and oxygen atoms in total. The lowest BCUT2D eigenvalue weighted by Gasteiger charge is -2.42. The fourth-order valence-electron chi connectivity index (χ4n) is 5.10. The van der Waals surface area contributed by atoms with Crippen molar-refractivity contribution >= 4 is 22.5 Å². The molecule has 0 radical (unpaired) electrons. The second kappa shape index (κ2) is 13.3. The first-order valence-electron chi connectivity index (χ1n) is 13.6. The van der Waals surface area contributed by atoms with E-state index in [9.17, 15) is 24.3 Å². The standard InChI is InChI=1S/C26H23FN4O4.C3H9N.C2H6/c1-3-21(33)29-9-10-30(15(2)14-29)23-17-8-7-16(22-19(27)5-4-6-20(22)32)25-24(17)31(11-12-35-25)26(34)18(23)13-28;1-4(2)3;1-2/h3-8,15,32H,1,9-12,14H2,2H3;1-3H3;1-2H3. The molecular weight excluding hydrogens is 525 g/mol. The van der Waals surface area contributed by atoms with Gasteiger partial charge in [0.1, 0.15) is 29.8 Å². The fraction of sp³-hybridized carbons (Fsp3) is 0.387. The molecule has 1 saturated heterocycles. The smallest absolute Gasteiger partial charge is 0.271 e. The Morgan fingerprint density at radius 1 is 1.20 bits per heavy atom. The highest BCUT2D eigenvalue weighted by Gasteiger charge is 2.33. The van der Waals surface area contributed by atoms with Crippen LogP contribution < -0.4 is 15.2 Å². The maximum Gasteiger partial charge on any atom is 0.271 e. The van der Waals surface area contributed by atoms with Gasteiger partial charge in [-0.15, -0.1) is 0 Å². The summed E-state index contributed by atoms with van der Waals surface area (Å²) in [6.45, 7) is 11.1. The largest absolute Gasteiger partial charge is 0.507 e. The first-order chi connectivity index (χ1) is 19.6. The molecule has 1 aromatic heterocycles. The minimum atomic E-state index is -0.617. The molecule has 1 N–H and O–H groups in total. The van der Waals surface area contributed by atoms with Crippen molar-refractivity contribution in [2.75, 3.05) is 52.3 Å². The second-order valence-corrected chi connectivity index (χ2v) is 9.99. The van der Waals surface area contributed by atoms with Crippen molar-refractivity contribution in [2.24, 2.45) is 0 Å². The van der Waals surface area contributed by atoms with Crippen molar-refractivity contribution in [3.63, 3.8) is 0 Å². The third kappa shape index (κ3) is 6.05. The monoisotopic (exact) mass is 563 g/mol. The summed E-state index contributed by atoms with van der Waals surface area (Å²) in [6.07, 6.45) is 1.27. The zero-order valence-corrected chi connectivity index (χ0v) is 24.6. The van der Waals surface area contributed by atoms with Crippen LogP contribution in [0.1, 0.15) is 26.3 Å². The number of nitriles is 1. The van der Waals surface area contributed by atoms with E-state index >= 15 is 0 Å². The van der Waals surface area contributed by atoms with E-state index in [2.05, 4.69) is 12.6 Å². The van der Waals surface area contributed by atoms with E-state index in [0.29, 0.717) is 41.8 Å². The van der Waals surface area contributed by atoms with Gasteiger partial charge in [-0.3, -0.25) is 9.59 Å². The molecule has 3 heterocycles. The van der Waals surface area contributed by atoms with Crippen LogP contribution in [0.25, 0.3) is 22.0 Å². The first-order valence-corrected chi connectivity index (χ1v) is 13.6. The average Bonchev–Trinajstić information content (AvgIpc) is 2.95. The molecule has 1 atom stereocenters. The average molecular weight is 564 g/mol. The van der Waals surface area contributed by atoms with Gasteiger partial charge in [-0.05, 0) is 58.4 Å². The number of carbonyl (C=O) groups is 1. The molecule has 5 rings (SSSR count). The van der Waals surface area contributed by atoms with Crippen LogP contribution in [0, 0.1) is 17.1 Å². The predicted molar refractivity (Wildman–Crippen MR) is 160 cm³/mol. The molecule has 41 heavy (non-hydrogen) atoms. The lowest BCUT2D eigenvalue weighted by atomic mass is 9.97. The lowest BCUT2D eigenvalue weighted by Crippen LogP contribution is -2.54. The van der Waals surface area contributed by atoms with Crippen molar-refractivity contribution in [1.82, 2.24) is 14.4 Å². The number of hydrogen-bond acceptors (Lipinski definition) is 7. The summed E-state index contributed by atoms with van der Waals surface area (Å²) >= 11 is 0. The van der Waals surface area contributed by atoms with Gasteiger partial charge in [-0.1, -0.05) is 26.5 Å². The van der Waals surface area contributed by atoms with Crippen LogP contribution in [0.15, 0.2) is 47.8 Å². The Kier molecular flexibility index (Phi) is 10.1. The molecule has 0 bridgehead atoms. The predicted octanol–water partition coefficient (Wildman–Crippen LogP) is 4.20. The molecule has 0 saturated carbocycles. The Labute approximate surface area is 240 Å². The summed E-state index contributed by atoms with van der Waals surface area (Å²) in [4.78, 5) is 31.2. The molecule has 3 aromatic rings. The van der Waals surface area contributed by atoms with Crippen molar-refractivity contribution in [1.29, 1.82) is 5.26 Å². The normalized spacial score (nSPS) is 15.6. The number of halogens is 1. The highest BCUT2D eigenvalue weighted by atomic mass is 19.1. The van der Waals surface area contributed by atoms with E-state index in [0.717, 1.165) is 0 Å².